The molecular weight excluding hydrogens is 533 g/mol. The number of ether oxygens (including phenoxy) is 3. The van der Waals surface area contributed by atoms with E-state index in [1.807, 2.05) is 20.8 Å². The van der Waals surface area contributed by atoms with Crippen LogP contribution in [-0.2, 0) is 23.4 Å². The number of rotatable bonds is 11. The maximum absolute atomic E-state index is 13.7. The number of aliphatic hydroxyl groups excluding tert-OH is 1. The van der Waals surface area contributed by atoms with E-state index in [4.69, 9.17) is 24.5 Å². The fourth-order valence-corrected chi connectivity index (χ4v) is 6.00. The highest BCUT2D eigenvalue weighted by Gasteiger charge is 2.54. The Bertz CT molecular complexity index is 1250. The summed E-state index contributed by atoms with van der Waals surface area (Å²) in [6.45, 7) is 8.55. The maximum Gasteiger partial charge on any atom is 0.341 e. The van der Waals surface area contributed by atoms with Crippen LogP contribution in [0.3, 0.4) is 0 Å². The van der Waals surface area contributed by atoms with Gasteiger partial charge in [-0.25, -0.2) is 15.2 Å². The Kier molecular flexibility index (Phi) is 8.26. The number of carbonyl (C=O) groups is 1. The van der Waals surface area contributed by atoms with E-state index < -0.39 is 43.7 Å². The molecule has 0 bridgehead atoms. The zero-order valence-electron chi connectivity index (χ0n) is 22.9. The highest BCUT2D eigenvalue weighted by molar-refractivity contribution is 7.54. The molecule has 3 heterocycles. The van der Waals surface area contributed by atoms with Crippen molar-refractivity contribution in [2.24, 2.45) is 5.41 Å². The second-order valence-electron chi connectivity index (χ2n) is 11.4. The fourth-order valence-electron chi connectivity index (χ4n) is 4.06. The van der Waals surface area contributed by atoms with Crippen LogP contribution in [0.1, 0.15) is 53.7 Å². The minimum atomic E-state index is -3.79. The summed E-state index contributed by atoms with van der Waals surface area (Å²) in [5.74, 6) is -0.509. The number of esters is 1. The van der Waals surface area contributed by atoms with Gasteiger partial charge in [0.1, 0.15) is 23.9 Å². The number of nitrogens with zero attached hydrogens (tertiary/aromatic N) is 4. The molecule has 1 unspecified atom stereocenters. The molecule has 1 aliphatic carbocycles. The van der Waals surface area contributed by atoms with E-state index in [1.165, 1.54) is 31.9 Å². The van der Waals surface area contributed by atoms with Crippen molar-refractivity contribution in [2.75, 3.05) is 26.1 Å². The number of hydrogen-bond donors (Lipinski definition) is 5. The van der Waals surface area contributed by atoms with E-state index in [2.05, 4.69) is 25.1 Å². The van der Waals surface area contributed by atoms with Crippen molar-refractivity contribution >= 4 is 30.8 Å². The van der Waals surface area contributed by atoms with E-state index in [0.717, 1.165) is 12.8 Å². The van der Waals surface area contributed by atoms with Crippen LogP contribution in [0.2, 0.25) is 0 Å². The molecule has 0 spiro atoms. The predicted octanol–water partition coefficient (Wildman–Crippen LogP) is 0.871. The summed E-state index contributed by atoms with van der Waals surface area (Å²) in [5.41, 5.74) is 4.26. The van der Waals surface area contributed by atoms with Gasteiger partial charge in [0.15, 0.2) is 17.4 Å². The Hall–Kier alpha value is -2.39. The van der Waals surface area contributed by atoms with E-state index in [-0.39, 0.29) is 47.7 Å². The molecule has 1 saturated carbocycles. The summed E-state index contributed by atoms with van der Waals surface area (Å²) in [4.78, 5) is 24.9. The number of nitrogen functional groups attached to an aromatic ring is 1. The Morgan fingerprint density at radius 2 is 2.08 bits per heavy atom. The molecular formula is C23H38N7O8P. The molecule has 6 atom stereocenters. The summed E-state index contributed by atoms with van der Waals surface area (Å²) in [7, 11) is -2.38. The topological polar surface area (TPSA) is 205 Å². The molecule has 1 saturated heterocycles. The number of fused-ring (bicyclic) bond motifs is 1. The number of hydrogen-bond acceptors (Lipinski definition) is 12. The predicted molar refractivity (Wildman–Crippen MR) is 140 cm³/mol. The van der Waals surface area contributed by atoms with Gasteiger partial charge in [-0.3, -0.25) is 13.9 Å². The fraction of sp³-hybridized carbons (Fsp3) is 0.739. The molecule has 2 aromatic heterocycles. The largest absolute Gasteiger partial charge is 0.479 e. The summed E-state index contributed by atoms with van der Waals surface area (Å²) in [5, 5.41) is 27.8. The lowest BCUT2D eigenvalue weighted by Crippen LogP contribution is -2.45. The Balaban J connectivity index is 1.48. The summed E-state index contributed by atoms with van der Waals surface area (Å²) < 4.78 is 37.4. The zero-order valence-corrected chi connectivity index (χ0v) is 23.8. The molecule has 0 aromatic carbocycles. The van der Waals surface area contributed by atoms with Gasteiger partial charge in [-0.05, 0) is 32.1 Å². The molecule has 39 heavy (non-hydrogen) atoms. The van der Waals surface area contributed by atoms with Crippen molar-refractivity contribution in [3.63, 3.8) is 0 Å². The number of aliphatic hydroxyl groups is 2. The van der Waals surface area contributed by atoms with Gasteiger partial charge in [0, 0.05) is 6.04 Å². The van der Waals surface area contributed by atoms with Gasteiger partial charge in [0.05, 0.1) is 26.7 Å². The highest BCUT2D eigenvalue weighted by Crippen LogP contribution is 2.45. The molecule has 1 aliphatic heterocycles. The van der Waals surface area contributed by atoms with Gasteiger partial charge in [0.25, 0.3) is 0 Å². The second-order valence-corrected chi connectivity index (χ2v) is 13.3. The first-order chi connectivity index (χ1) is 18.1. The lowest BCUT2D eigenvalue weighted by molar-refractivity contribution is -0.148. The van der Waals surface area contributed by atoms with Crippen LogP contribution in [0.4, 0.5) is 5.95 Å². The van der Waals surface area contributed by atoms with Gasteiger partial charge in [0.2, 0.25) is 11.8 Å². The van der Waals surface area contributed by atoms with Crippen LogP contribution in [0.25, 0.3) is 11.2 Å². The molecule has 4 rings (SSSR count). The van der Waals surface area contributed by atoms with Crippen LogP contribution >= 0.6 is 7.67 Å². The summed E-state index contributed by atoms with van der Waals surface area (Å²) in [6.07, 6.45) is -0.714. The average Bonchev–Trinajstić information content (AvgIpc) is 3.51. The molecule has 0 amide bonds. The van der Waals surface area contributed by atoms with Gasteiger partial charge < -0.3 is 34.7 Å². The van der Waals surface area contributed by atoms with Crippen LogP contribution in [0.5, 0.6) is 5.88 Å². The third-order valence-corrected chi connectivity index (χ3v) is 8.27. The molecule has 6 N–H and O–H groups in total. The third-order valence-electron chi connectivity index (χ3n) is 6.32. The first kappa shape index (κ1) is 29.6. The van der Waals surface area contributed by atoms with E-state index >= 15 is 0 Å². The number of nitrogens with two attached hydrogens (primary N) is 1. The van der Waals surface area contributed by atoms with Crippen molar-refractivity contribution in [3.05, 3.63) is 6.33 Å². The van der Waals surface area contributed by atoms with Gasteiger partial charge in [-0.1, -0.05) is 20.8 Å². The van der Waals surface area contributed by atoms with Gasteiger partial charge >= 0.3 is 13.6 Å². The third kappa shape index (κ3) is 6.68. The minimum Gasteiger partial charge on any atom is -0.479 e. The Morgan fingerprint density at radius 1 is 1.38 bits per heavy atom. The van der Waals surface area contributed by atoms with Gasteiger partial charge in [-0.15, -0.1) is 0 Å². The van der Waals surface area contributed by atoms with E-state index in [0.29, 0.717) is 0 Å². The van der Waals surface area contributed by atoms with Crippen molar-refractivity contribution in [2.45, 2.75) is 83.6 Å². The normalized spacial score (nSPS) is 27.8. The van der Waals surface area contributed by atoms with Crippen molar-refractivity contribution in [1.82, 2.24) is 29.7 Å². The van der Waals surface area contributed by atoms with E-state index in [9.17, 15) is 19.6 Å². The molecule has 2 fully saturated rings. The number of imidazole rings is 1. The quantitative estimate of drug-likeness (QED) is 0.188. The average molecular weight is 572 g/mol. The molecule has 2 aliphatic rings. The molecule has 0 radical (unpaired) electrons. The monoisotopic (exact) mass is 571 g/mol. The van der Waals surface area contributed by atoms with E-state index in [1.54, 1.807) is 0 Å². The number of methoxy groups -OCH3 is 1. The minimum absolute atomic E-state index is 0.0381. The van der Waals surface area contributed by atoms with Crippen molar-refractivity contribution < 1.29 is 38.3 Å². The van der Waals surface area contributed by atoms with Crippen LogP contribution in [-0.4, -0.2) is 85.9 Å². The second kappa shape index (κ2) is 10.9. The van der Waals surface area contributed by atoms with Crippen molar-refractivity contribution in [1.29, 1.82) is 0 Å². The molecule has 16 heteroatoms. The maximum atomic E-state index is 13.7. The first-order valence-corrected chi connectivity index (χ1v) is 14.3. The summed E-state index contributed by atoms with van der Waals surface area (Å²) in [6, 6.07) is -0.976. The summed E-state index contributed by atoms with van der Waals surface area (Å²) >= 11 is 0. The number of carbonyl (C=O) groups excluding carboxylic acids is 1. The molecule has 15 nitrogen and oxygen atoms in total. The zero-order chi connectivity index (χ0) is 28.8. The molecule has 2 aromatic rings. The number of nitrogens with one attached hydrogen (secondary N) is 2. The van der Waals surface area contributed by atoms with Crippen LogP contribution < -0.4 is 20.6 Å². The highest BCUT2D eigenvalue weighted by atomic mass is 31.2. The Morgan fingerprint density at radius 3 is 2.69 bits per heavy atom. The Labute approximate surface area is 226 Å². The number of anilines is 1. The number of aromatic nitrogens is 4. The van der Waals surface area contributed by atoms with Crippen molar-refractivity contribution in [3.8, 4) is 5.88 Å². The molecule has 218 valence electrons. The standard InChI is InChI=1S/C23H38N7O8P/c1-12(19(32)36-10-22(2,3)4)28-39(34,29-13-7-8-13)37-9-14-16(31)23(5,33)20(38-14)30-11-25-15-17(30)26-21(24)27-18(15)35-6/h11-14,16,20,31,33H,7-10H2,1-6H3,(H2,24,26,27)(H2,28,29,34)/t12-,14+,16+,20+,23+,39?/m0/s1. The smallest absolute Gasteiger partial charge is 0.341 e. The van der Waals surface area contributed by atoms with Crippen LogP contribution in [0, 0.1) is 5.41 Å². The lowest BCUT2D eigenvalue weighted by atomic mass is 9.96. The SMILES string of the molecule is COc1nc(N)nc2c1ncn2[C@@H]1O[C@H](COP(=O)(NC2CC2)N[C@@H](C)C(=O)OCC(C)(C)C)[C@@H](O)[C@@]1(C)O. The van der Waals surface area contributed by atoms with Crippen LogP contribution in [0.15, 0.2) is 6.33 Å². The lowest BCUT2D eigenvalue weighted by Gasteiger charge is -2.27. The first-order valence-electron chi connectivity index (χ1n) is 12.7. The van der Waals surface area contributed by atoms with Gasteiger partial charge in [-0.2, -0.15) is 9.97 Å².